The lowest BCUT2D eigenvalue weighted by Gasteiger charge is -2.11. The van der Waals surface area contributed by atoms with E-state index in [1.165, 1.54) is 7.11 Å². The summed E-state index contributed by atoms with van der Waals surface area (Å²) in [5.74, 6) is 0.512. The largest absolute Gasteiger partial charge is 0.493 e. The zero-order valence-corrected chi connectivity index (χ0v) is 15.0. The second-order valence-corrected chi connectivity index (χ2v) is 5.38. The van der Waals surface area contributed by atoms with Crippen molar-refractivity contribution in [2.24, 2.45) is 0 Å². The molecule has 138 valence electrons. The first kappa shape index (κ1) is 19.3. The Hall–Kier alpha value is -3.06. The molecule has 2 rings (SSSR count). The van der Waals surface area contributed by atoms with Crippen molar-refractivity contribution in [3.8, 4) is 11.5 Å². The van der Waals surface area contributed by atoms with Crippen LogP contribution in [-0.4, -0.2) is 39.8 Å². The molecular formula is C19H22N2O5. The van der Waals surface area contributed by atoms with Gasteiger partial charge < -0.3 is 24.8 Å². The second kappa shape index (κ2) is 9.43. The molecule has 2 aromatic carbocycles. The molecule has 0 aliphatic carbocycles. The zero-order chi connectivity index (χ0) is 18.9. The Bertz CT molecular complexity index is 776. The number of anilines is 1. The van der Waals surface area contributed by atoms with E-state index in [1.54, 1.807) is 38.5 Å². The van der Waals surface area contributed by atoms with Crippen molar-refractivity contribution < 1.29 is 23.8 Å². The highest BCUT2D eigenvalue weighted by atomic mass is 16.5. The van der Waals surface area contributed by atoms with E-state index in [-0.39, 0.29) is 12.5 Å². The Morgan fingerprint density at radius 3 is 2.38 bits per heavy atom. The van der Waals surface area contributed by atoms with Gasteiger partial charge in [0, 0.05) is 6.54 Å². The Morgan fingerprint density at radius 2 is 1.69 bits per heavy atom. The molecule has 0 spiro atoms. The number of ether oxygens (including phenoxy) is 3. The number of hydrogen-bond donors (Lipinski definition) is 2. The van der Waals surface area contributed by atoms with Gasteiger partial charge in [0.1, 0.15) is 0 Å². The van der Waals surface area contributed by atoms with E-state index in [1.807, 2.05) is 18.2 Å². The third-order valence-corrected chi connectivity index (χ3v) is 3.67. The molecule has 1 amide bonds. The molecule has 0 aromatic heterocycles. The van der Waals surface area contributed by atoms with E-state index in [0.29, 0.717) is 29.3 Å². The summed E-state index contributed by atoms with van der Waals surface area (Å²) < 4.78 is 15.2. The first-order valence-electron chi connectivity index (χ1n) is 7.97. The molecule has 0 aliphatic heterocycles. The SMILES string of the molecule is COC(=O)c1ccccc1NC(=O)CNCc1ccc(OC)c(OC)c1. The van der Waals surface area contributed by atoms with Gasteiger partial charge in [-0.1, -0.05) is 18.2 Å². The van der Waals surface area contributed by atoms with Crippen LogP contribution in [0.1, 0.15) is 15.9 Å². The van der Waals surface area contributed by atoms with Gasteiger partial charge >= 0.3 is 5.97 Å². The Morgan fingerprint density at radius 1 is 0.962 bits per heavy atom. The fraction of sp³-hybridized carbons (Fsp3) is 0.263. The van der Waals surface area contributed by atoms with Crippen molar-refractivity contribution in [2.75, 3.05) is 33.2 Å². The highest BCUT2D eigenvalue weighted by Crippen LogP contribution is 2.27. The van der Waals surface area contributed by atoms with Gasteiger partial charge in [-0.05, 0) is 29.8 Å². The predicted octanol–water partition coefficient (Wildman–Crippen LogP) is 2.22. The number of benzene rings is 2. The zero-order valence-electron chi connectivity index (χ0n) is 15.0. The van der Waals surface area contributed by atoms with Crippen LogP contribution in [0.3, 0.4) is 0 Å². The summed E-state index contributed by atoms with van der Waals surface area (Å²) in [6.45, 7) is 0.566. The lowest BCUT2D eigenvalue weighted by molar-refractivity contribution is -0.115. The Balaban J connectivity index is 1.91. The van der Waals surface area contributed by atoms with Gasteiger partial charge in [-0.15, -0.1) is 0 Å². The van der Waals surface area contributed by atoms with Gasteiger partial charge in [0.2, 0.25) is 5.91 Å². The van der Waals surface area contributed by atoms with Crippen LogP contribution in [0.2, 0.25) is 0 Å². The number of nitrogens with one attached hydrogen (secondary N) is 2. The van der Waals surface area contributed by atoms with Gasteiger partial charge in [-0.2, -0.15) is 0 Å². The third-order valence-electron chi connectivity index (χ3n) is 3.67. The molecule has 0 heterocycles. The fourth-order valence-electron chi connectivity index (χ4n) is 2.39. The quantitative estimate of drug-likeness (QED) is 0.704. The maximum atomic E-state index is 12.1. The minimum absolute atomic E-state index is 0.0872. The van der Waals surface area contributed by atoms with Gasteiger partial charge in [-0.25, -0.2) is 4.79 Å². The summed E-state index contributed by atoms with van der Waals surface area (Å²) >= 11 is 0. The van der Waals surface area contributed by atoms with Crippen LogP contribution in [0.4, 0.5) is 5.69 Å². The van der Waals surface area contributed by atoms with Crippen molar-refractivity contribution in [1.82, 2.24) is 5.32 Å². The van der Waals surface area contributed by atoms with Crippen LogP contribution in [0.5, 0.6) is 11.5 Å². The number of carbonyl (C=O) groups excluding carboxylic acids is 2. The summed E-state index contributed by atoms with van der Waals surface area (Å²) in [5, 5.41) is 5.75. The average Bonchev–Trinajstić information content (AvgIpc) is 2.67. The van der Waals surface area contributed by atoms with Crippen LogP contribution in [0, 0.1) is 0 Å². The monoisotopic (exact) mass is 358 g/mol. The molecule has 2 N–H and O–H groups in total. The van der Waals surface area contributed by atoms with Gasteiger partial charge in [0.05, 0.1) is 39.1 Å². The van der Waals surface area contributed by atoms with Crippen LogP contribution in [0.15, 0.2) is 42.5 Å². The number of hydrogen-bond acceptors (Lipinski definition) is 6. The molecule has 0 aliphatic rings. The Kier molecular flexibility index (Phi) is 6.99. The molecule has 2 aromatic rings. The van der Waals surface area contributed by atoms with Gasteiger partial charge in [0.25, 0.3) is 0 Å². The molecule has 7 heteroatoms. The van der Waals surface area contributed by atoms with E-state index in [0.717, 1.165) is 5.56 Å². The predicted molar refractivity (Wildman–Crippen MR) is 97.7 cm³/mol. The lowest BCUT2D eigenvalue weighted by atomic mass is 10.2. The van der Waals surface area contributed by atoms with Crippen molar-refractivity contribution in [1.29, 1.82) is 0 Å². The number of para-hydroxylation sites is 1. The van der Waals surface area contributed by atoms with Crippen molar-refractivity contribution in [2.45, 2.75) is 6.54 Å². The highest BCUT2D eigenvalue weighted by molar-refractivity contribution is 6.01. The summed E-state index contributed by atoms with van der Waals surface area (Å²) in [6.07, 6.45) is 0. The third kappa shape index (κ3) is 4.97. The van der Waals surface area contributed by atoms with Crippen LogP contribution in [0.25, 0.3) is 0 Å². The van der Waals surface area contributed by atoms with E-state index in [4.69, 9.17) is 14.2 Å². The molecule has 0 unspecified atom stereocenters. The standard InChI is InChI=1S/C19H22N2O5/c1-24-16-9-8-13(10-17(16)25-2)11-20-12-18(22)21-15-7-5-4-6-14(15)19(23)26-3/h4-10,20H,11-12H2,1-3H3,(H,21,22). The van der Waals surface area contributed by atoms with Crippen molar-refractivity contribution >= 4 is 17.6 Å². The molecule has 7 nitrogen and oxygen atoms in total. The number of carbonyl (C=O) groups is 2. The molecular weight excluding hydrogens is 336 g/mol. The number of esters is 1. The molecule has 0 bridgehead atoms. The van der Waals surface area contributed by atoms with Crippen LogP contribution >= 0.6 is 0 Å². The number of rotatable bonds is 8. The molecule has 0 atom stereocenters. The highest BCUT2D eigenvalue weighted by Gasteiger charge is 2.13. The topological polar surface area (TPSA) is 85.9 Å². The number of methoxy groups -OCH3 is 3. The normalized spacial score (nSPS) is 10.1. The lowest BCUT2D eigenvalue weighted by Crippen LogP contribution is -2.28. The summed E-state index contributed by atoms with van der Waals surface area (Å²) in [5.41, 5.74) is 1.67. The average molecular weight is 358 g/mol. The van der Waals surface area contributed by atoms with Crippen LogP contribution in [-0.2, 0) is 16.1 Å². The fourth-order valence-corrected chi connectivity index (χ4v) is 2.39. The molecule has 26 heavy (non-hydrogen) atoms. The first-order valence-corrected chi connectivity index (χ1v) is 7.97. The maximum absolute atomic E-state index is 12.1. The minimum atomic E-state index is -0.501. The van der Waals surface area contributed by atoms with E-state index in [2.05, 4.69) is 10.6 Å². The molecule has 0 saturated heterocycles. The van der Waals surface area contributed by atoms with Crippen molar-refractivity contribution in [3.05, 3.63) is 53.6 Å². The van der Waals surface area contributed by atoms with Gasteiger partial charge in [-0.3, -0.25) is 4.79 Å². The maximum Gasteiger partial charge on any atom is 0.339 e. The molecule has 0 saturated carbocycles. The second-order valence-electron chi connectivity index (χ2n) is 5.38. The minimum Gasteiger partial charge on any atom is -0.493 e. The van der Waals surface area contributed by atoms with Crippen LogP contribution < -0.4 is 20.1 Å². The summed E-state index contributed by atoms with van der Waals surface area (Å²) in [6, 6.07) is 12.2. The van der Waals surface area contributed by atoms with Crippen molar-refractivity contribution in [3.63, 3.8) is 0 Å². The Labute approximate surface area is 152 Å². The smallest absolute Gasteiger partial charge is 0.339 e. The summed E-state index contributed by atoms with van der Waals surface area (Å²) in [7, 11) is 4.44. The number of amides is 1. The van der Waals surface area contributed by atoms with E-state index >= 15 is 0 Å². The molecule has 0 radical (unpaired) electrons. The van der Waals surface area contributed by atoms with Gasteiger partial charge in [0.15, 0.2) is 11.5 Å². The summed E-state index contributed by atoms with van der Waals surface area (Å²) in [4.78, 5) is 23.8. The first-order chi connectivity index (χ1) is 12.6. The molecule has 0 fully saturated rings. The van der Waals surface area contributed by atoms with E-state index < -0.39 is 5.97 Å². The van der Waals surface area contributed by atoms with E-state index in [9.17, 15) is 9.59 Å².